The van der Waals surface area contributed by atoms with Crippen LogP contribution in [0.25, 0.3) is 0 Å². The van der Waals surface area contributed by atoms with Crippen molar-refractivity contribution in [3.63, 3.8) is 0 Å². The van der Waals surface area contributed by atoms with Gasteiger partial charge in [-0.05, 0) is 61.2 Å². The number of hydrogen-bond donors (Lipinski definition) is 1. The molecule has 146 valence electrons. The average molecular weight is 377 g/mol. The fraction of sp³-hybridized carbons (Fsp3) is 0.391. The maximum absolute atomic E-state index is 12.6. The lowest BCUT2D eigenvalue weighted by Crippen LogP contribution is -2.28. The number of anilines is 3. The van der Waals surface area contributed by atoms with Gasteiger partial charge in [-0.2, -0.15) is 0 Å². The van der Waals surface area contributed by atoms with E-state index >= 15 is 0 Å². The second kappa shape index (κ2) is 8.05. The molecule has 0 aliphatic carbocycles. The summed E-state index contributed by atoms with van der Waals surface area (Å²) < 4.78 is 0. The Kier molecular flexibility index (Phi) is 5.33. The molecule has 1 unspecified atom stereocenters. The summed E-state index contributed by atoms with van der Waals surface area (Å²) in [4.78, 5) is 29.2. The third-order valence-electron chi connectivity index (χ3n) is 5.76. The number of rotatable bonds is 5. The molecule has 1 N–H and O–H groups in total. The highest BCUT2D eigenvalue weighted by molar-refractivity contribution is 6.03. The molecule has 2 aromatic rings. The van der Waals surface area contributed by atoms with Crippen molar-refractivity contribution in [2.75, 3.05) is 34.8 Å². The minimum Gasteiger partial charge on any atom is -0.372 e. The number of amides is 2. The maximum Gasteiger partial charge on any atom is 0.229 e. The minimum absolute atomic E-state index is 0.00963. The van der Waals surface area contributed by atoms with Gasteiger partial charge in [-0.1, -0.05) is 19.1 Å². The number of carbonyl (C=O) groups is 2. The number of nitrogens with one attached hydrogen (secondary N) is 1. The highest BCUT2D eigenvalue weighted by Gasteiger charge is 2.35. The van der Waals surface area contributed by atoms with Gasteiger partial charge in [0.2, 0.25) is 11.8 Å². The first-order valence-electron chi connectivity index (χ1n) is 10.2. The molecule has 2 saturated heterocycles. The molecular formula is C23H27N3O2. The largest absolute Gasteiger partial charge is 0.372 e. The van der Waals surface area contributed by atoms with E-state index in [4.69, 9.17) is 0 Å². The van der Waals surface area contributed by atoms with Gasteiger partial charge in [0.25, 0.3) is 0 Å². The zero-order valence-corrected chi connectivity index (χ0v) is 16.4. The van der Waals surface area contributed by atoms with Crippen LogP contribution in [0.3, 0.4) is 0 Å². The molecule has 2 heterocycles. The zero-order valence-electron chi connectivity index (χ0n) is 16.4. The summed E-state index contributed by atoms with van der Waals surface area (Å²) in [5.41, 5.74) is 4.09. The van der Waals surface area contributed by atoms with Gasteiger partial charge >= 0.3 is 0 Å². The Hall–Kier alpha value is -2.82. The summed E-state index contributed by atoms with van der Waals surface area (Å²) in [5.74, 6) is -0.402. The van der Waals surface area contributed by atoms with Crippen LogP contribution in [0.1, 0.15) is 31.7 Å². The smallest absolute Gasteiger partial charge is 0.229 e. The number of benzene rings is 2. The molecule has 0 spiro atoms. The highest BCUT2D eigenvalue weighted by atomic mass is 16.2. The van der Waals surface area contributed by atoms with Crippen molar-refractivity contribution in [1.82, 2.24) is 0 Å². The molecule has 0 bridgehead atoms. The van der Waals surface area contributed by atoms with Crippen LogP contribution in [0.15, 0.2) is 48.5 Å². The van der Waals surface area contributed by atoms with Crippen LogP contribution >= 0.6 is 0 Å². The van der Waals surface area contributed by atoms with E-state index in [1.165, 1.54) is 24.1 Å². The Morgan fingerprint density at radius 2 is 1.64 bits per heavy atom. The fourth-order valence-corrected chi connectivity index (χ4v) is 4.02. The van der Waals surface area contributed by atoms with Crippen LogP contribution in [0.5, 0.6) is 0 Å². The molecule has 2 fully saturated rings. The van der Waals surface area contributed by atoms with Gasteiger partial charge in [-0.25, -0.2) is 0 Å². The van der Waals surface area contributed by atoms with Crippen molar-refractivity contribution >= 4 is 28.9 Å². The number of hydrogen-bond acceptors (Lipinski definition) is 3. The van der Waals surface area contributed by atoms with Crippen molar-refractivity contribution in [2.45, 2.75) is 32.6 Å². The third kappa shape index (κ3) is 3.88. The first-order valence-corrected chi connectivity index (χ1v) is 10.2. The second-order valence-corrected chi connectivity index (χ2v) is 7.66. The standard InChI is InChI=1S/C23H27N3O2/c1-2-17-5-7-19(8-6-17)24-23(28)18-15-22(27)26(16-18)21-11-9-20(10-12-21)25-13-3-4-14-25/h5-12,18H,2-4,13-16H2,1H3,(H,24,28). The molecule has 2 aromatic carbocycles. The monoisotopic (exact) mass is 377 g/mol. The Morgan fingerprint density at radius 1 is 1.00 bits per heavy atom. The van der Waals surface area contributed by atoms with E-state index in [1.54, 1.807) is 4.90 Å². The van der Waals surface area contributed by atoms with Gasteiger partial charge in [-0.3, -0.25) is 9.59 Å². The summed E-state index contributed by atoms with van der Waals surface area (Å²) in [6.45, 7) is 4.73. The first-order chi connectivity index (χ1) is 13.6. The van der Waals surface area contributed by atoms with E-state index in [1.807, 2.05) is 36.4 Å². The van der Waals surface area contributed by atoms with E-state index in [2.05, 4.69) is 29.3 Å². The van der Waals surface area contributed by atoms with Crippen molar-refractivity contribution in [1.29, 1.82) is 0 Å². The summed E-state index contributed by atoms with van der Waals surface area (Å²) in [7, 11) is 0. The second-order valence-electron chi connectivity index (χ2n) is 7.66. The zero-order chi connectivity index (χ0) is 19.5. The van der Waals surface area contributed by atoms with E-state index in [9.17, 15) is 9.59 Å². The third-order valence-corrected chi connectivity index (χ3v) is 5.76. The molecule has 2 amide bonds. The molecule has 5 heteroatoms. The summed E-state index contributed by atoms with van der Waals surface area (Å²) in [5, 5.41) is 2.95. The molecule has 1 atom stereocenters. The average Bonchev–Trinajstić information content (AvgIpc) is 3.39. The molecule has 28 heavy (non-hydrogen) atoms. The number of aryl methyl sites for hydroxylation is 1. The molecule has 5 nitrogen and oxygen atoms in total. The van der Waals surface area contributed by atoms with E-state index in [0.29, 0.717) is 6.54 Å². The molecule has 0 radical (unpaired) electrons. The lowest BCUT2D eigenvalue weighted by atomic mass is 10.1. The molecule has 0 saturated carbocycles. The van der Waals surface area contributed by atoms with Crippen molar-refractivity contribution in [3.8, 4) is 0 Å². The molecular weight excluding hydrogens is 350 g/mol. The van der Waals surface area contributed by atoms with E-state index in [0.717, 1.165) is 30.9 Å². The lowest BCUT2D eigenvalue weighted by molar-refractivity contribution is -0.122. The highest BCUT2D eigenvalue weighted by Crippen LogP contribution is 2.29. The topological polar surface area (TPSA) is 52.7 Å². The summed E-state index contributed by atoms with van der Waals surface area (Å²) >= 11 is 0. The molecule has 0 aromatic heterocycles. The van der Waals surface area contributed by atoms with Gasteiger partial charge in [0.1, 0.15) is 0 Å². The van der Waals surface area contributed by atoms with Gasteiger partial charge in [-0.15, -0.1) is 0 Å². The molecule has 2 aliphatic heterocycles. The Balaban J connectivity index is 1.39. The van der Waals surface area contributed by atoms with Crippen molar-refractivity contribution < 1.29 is 9.59 Å². The Bertz CT molecular complexity index is 839. The van der Waals surface area contributed by atoms with E-state index < -0.39 is 0 Å². The summed E-state index contributed by atoms with van der Waals surface area (Å²) in [6.07, 6.45) is 3.71. The van der Waals surface area contributed by atoms with Crippen LogP contribution in [0.2, 0.25) is 0 Å². The van der Waals surface area contributed by atoms with Crippen LogP contribution in [0.4, 0.5) is 17.1 Å². The van der Waals surface area contributed by atoms with Crippen LogP contribution in [-0.2, 0) is 16.0 Å². The quantitative estimate of drug-likeness (QED) is 0.861. The van der Waals surface area contributed by atoms with Crippen LogP contribution in [0, 0.1) is 5.92 Å². The van der Waals surface area contributed by atoms with Gasteiger partial charge in [0, 0.05) is 43.1 Å². The number of nitrogens with zero attached hydrogens (tertiary/aromatic N) is 2. The van der Waals surface area contributed by atoms with Crippen LogP contribution in [-0.4, -0.2) is 31.4 Å². The number of carbonyl (C=O) groups excluding carboxylic acids is 2. The predicted octanol–water partition coefficient (Wildman–Crippen LogP) is 3.84. The first kappa shape index (κ1) is 18.5. The minimum atomic E-state index is -0.323. The fourth-order valence-electron chi connectivity index (χ4n) is 4.02. The van der Waals surface area contributed by atoms with Gasteiger partial charge in [0.15, 0.2) is 0 Å². The molecule has 4 rings (SSSR count). The van der Waals surface area contributed by atoms with Crippen LogP contribution < -0.4 is 15.1 Å². The Labute approximate surface area is 166 Å². The Morgan fingerprint density at radius 3 is 2.29 bits per heavy atom. The lowest BCUT2D eigenvalue weighted by Gasteiger charge is -2.20. The normalized spacial score (nSPS) is 19.3. The van der Waals surface area contributed by atoms with Crippen molar-refractivity contribution in [3.05, 3.63) is 54.1 Å². The van der Waals surface area contributed by atoms with E-state index in [-0.39, 0.29) is 24.2 Å². The van der Waals surface area contributed by atoms with Crippen molar-refractivity contribution in [2.24, 2.45) is 5.92 Å². The predicted molar refractivity (Wildman–Crippen MR) is 113 cm³/mol. The summed E-state index contributed by atoms with van der Waals surface area (Å²) in [6, 6.07) is 16.0. The molecule has 2 aliphatic rings. The maximum atomic E-state index is 12.6. The van der Waals surface area contributed by atoms with Gasteiger partial charge < -0.3 is 15.1 Å². The SMILES string of the molecule is CCc1ccc(NC(=O)C2CC(=O)N(c3ccc(N4CCCC4)cc3)C2)cc1. The van der Waals surface area contributed by atoms with Gasteiger partial charge in [0.05, 0.1) is 5.92 Å².